The van der Waals surface area contributed by atoms with Crippen molar-refractivity contribution in [2.24, 2.45) is 5.73 Å². The minimum Gasteiger partial charge on any atom is -0.391 e. The Morgan fingerprint density at radius 1 is 1.30 bits per heavy atom. The highest BCUT2D eigenvalue weighted by Crippen LogP contribution is 2.39. The van der Waals surface area contributed by atoms with Gasteiger partial charge < -0.3 is 20.6 Å². The molecule has 0 saturated carbocycles. The maximum Gasteiger partial charge on any atom is 0.242 e. The third-order valence-electron chi connectivity index (χ3n) is 4.59. The number of aliphatic hydroxyl groups is 1. The van der Waals surface area contributed by atoms with Crippen molar-refractivity contribution in [1.82, 2.24) is 15.1 Å². The Bertz CT molecular complexity index is 479. The van der Waals surface area contributed by atoms with Crippen molar-refractivity contribution < 1.29 is 14.7 Å². The molecule has 3 aliphatic rings. The van der Waals surface area contributed by atoms with E-state index in [1.165, 1.54) is 6.92 Å². The van der Waals surface area contributed by atoms with Gasteiger partial charge in [-0.25, -0.2) is 0 Å². The van der Waals surface area contributed by atoms with Gasteiger partial charge in [0, 0.05) is 30.3 Å². The molecule has 2 amide bonds. The molecule has 3 aliphatic heterocycles. The predicted molar refractivity (Wildman–Crippen MR) is 92.3 cm³/mol. The first-order valence-corrected chi connectivity index (χ1v) is 10.1. The highest BCUT2D eigenvalue weighted by Gasteiger charge is 2.52. The largest absolute Gasteiger partial charge is 0.391 e. The zero-order chi connectivity index (χ0) is 16.6. The van der Waals surface area contributed by atoms with Crippen molar-refractivity contribution in [1.29, 1.82) is 0 Å². The molecule has 0 radical (unpaired) electrons. The predicted octanol–water partition coefficient (Wildman–Crippen LogP) is -1.49. The van der Waals surface area contributed by atoms with Crippen LogP contribution in [0.1, 0.15) is 6.92 Å². The number of nitrogens with zero attached hydrogens (tertiary/aromatic N) is 2. The smallest absolute Gasteiger partial charge is 0.242 e. The van der Waals surface area contributed by atoms with Crippen molar-refractivity contribution in [3.8, 4) is 0 Å². The topological polar surface area (TPSA) is 98.9 Å². The number of nitrogens with two attached hydrogens (primary N) is 1. The van der Waals surface area contributed by atoms with Gasteiger partial charge in [-0.15, -0.1) is 11.8 Å². The van der Waals surface area contributed by atoms with Gasteiger partial charge in [-0.2, -0.15) is 11.8 Å². The molecule has 3 heterocycles. The zero-order valence-electron chi connectivity index (χ0n) is 13.2. The molecule has 3 atom stereocenters. The lowest BCUT2D eigenvalue weighted by Gasteiger charge is -2.48. The summed E-state index contributed by atoms with van der Waals surface area (Å²) in [6, 6.07) is -1.03. The molecule has 0 aliphatic carbocycles. The minimum atomic E-state index is -0.873. The van der Waals surface area contributed by atoms with Gasteiger partial charge in [-0.05, 0) is 6.92 Å². The summed E-state index contributed by atoms with van der Waals surface area (Å²) < 4.78 is 0. The fourth-order valence-electron chi connectivity index (χ4n) is 3.11. The Morgan fingerprint density at radius 3 is 2.57 bits per heavy atom. The van der Waals surface area contributed by atoms with E-state index in [2.05, 4.69) is 5.32 Å². The molecule has 0 bridgehead atoms. The van der Waals surface area contributed by atoms with Crippen LogP contribution in [0.15, 0.2) is 0 Å². The standard InChI is InChI=1S/C14H24N4O3S2/c1-9(19)11(15)13(21)18-7-14(8-18)16-10(6-23-14)12(20)17-2-4-22-5-3-17/h9-11,16,19H,2-8,15H2,1H3/t9-,10+,11+/m1/s1. The number of aliphatic hydroxyl groups excluding tert-OH is 1. The van der Waals surface area contributed by atoms with Crippen LogP contribution in [-0.4, -0.2) is 93.2 Å². The van der Waals surface area contributed by atoms with Crippen LogP contribution in [0.5, 0.6) is 0 Å². The van der Waals surface area contributed by atoms with Crippen LogP contribution in [0.2, 0.25) is 0 Å². The van der Waals surface area contributed by atoms with Gasteiger partial charge in [0.2, 0.25) is 11.8 Å². The molecule has 0 unspecified atom stereocenters. The fraction of sp³-hybridized carbons (Fsp3) is 0.857. The van der Waals surface area contributed by atoms with E-state index < -0.39 is 12.1 Å². The first-order chi connectivity index (χ1) is 10.9. The van der Waals surface area contributed by atoms with Crippen LogP contribution in [0.4, 0.5) is 0 Å². The number of hydrogen-bond acceptors (Lipinski definition) is 7. The highest BCUT2D eigenvalue weighted by molar-refractivity contribution is 8.01. The molecule has 3 fully saturated rings. The molecule has 9 heteroatoms. The van der Waals surface area contributed by atoms with Gasteiger partial charge in [-0.1, -0.05) is 0 Å². The lowest BCUT2D eigenvalue weighted by atomic mass is 10.0. The number of carbonyl (C=O) groups is 2. The third-order valence-corrected chi connectivity index (χ3v) is 6.96. The lowest BCUT2D eigenvalue weighted by molar-refractivity contribution is -0.141. The van der Waals surface area contributed by atoms with Crippen LogP contribution >= 0.6 is 23.5 Å². The maximum atomic E-state index is 12.5. The Labute approximate surface area is 144 Å². The Balaban J connectivity index is 1.51. The summed E-state index contributed by atoms with van der Waals surface area (Å²) in [4.78, 5) is 28.0. The van der Waals surface area contributed by atoms with Crippen LogP contribution < -0.4 is 11.1 Å². The minimum absolute atomic E-state index is 0.161. The number of likely N-dealkylation sites (tertiary alicyclic amines) is 1. The fourth-order valence-corrected chi connectivity index (χ4v) is 5.44. The van der Waals surface area contributed by atoms with Crippen molar-refractivity contribution in [3.63, 3.8) is 0 Å². The molecule has 3 saturated heterocycles. The molecule has 7 nitrogen and oxygen atoms in total. The van der Waals surface area contributed by atoms with Crippen molar-refractivity contribution in [3.05, 3.63) is 0 Å². The van der Waals surface area contributed by atoms with Crippen LogP contribution in [0.25, 0.3) is 0 Å². The normalized spacial score (nSPS) is 29.3. The van der Waals surface area contributed by atoms with E-state index in [1.807, 2.05) is 16.7 Å². The first kappa shape index (κ1) is 17.3. The molecule has 130 valence electrons. The Morgan fingerprint density at radius 2 is 1.96 bits per heavy atom. The van der Waals surface area contributed by atoms with E-state index in [-0.39, 0.29) is 22.7 Å². The van der Waals surface area contributed by atoms with E-state index in [0.717, 1.165) is 30.3 Å². The summed E-state index contributed by atoms with van der Waals surface area (Å²) in [6.45, 7) is 4.25. The summed E-state index contributed by atoms with van der Waals surface area (Å²) in [5, 5.41) is 12.9. The molecule has 4 N–H and O–H groups in total. The summed E-state index contributed by atoms with van der Waals surface area (Å²) in [5.41, 5.74) is 5.70. The van der Waals surface area contributed by atoms with Gasteiger partial charge in [0.1, 0.15) is 10.9 Å². The summed E-state index contributed by atoms with van der Waals surface area (Å²) >= 11 is 3.60. The monoisotopic (exact) mass is 360 g/mol. The number of nitrogens with one attached hydrogen (secondary N) is 1. The van der Waals surface area contributed by atoms with Crippen molar-refractivity contribution in [2.45, 2.75) is 30.0 Å². The molecule has 0 aromatic rings. The second kappa shape index (κ2) is 6.79. The summed E-state index contributed by atoms with van der Waals surface area (Å²) in [5.74, 6) is 2.72. The van der Waals surface area contributed by atoms with Crippen LogP contribution in [0.3, 0.4) is 0 Å². The van der Waals surface area contributed by atoms with Crippen molar-refractivity contribution >= 4 is 35.3 Å². The van der Waals surface area contributed by atoms with E-state index in [9.17, 15) is 14.7 Å². The first-order valence-electron chi connectivity index (χ1n) is 7.92. The zero-order valence-corrected chi connectivity index (χ0v) is 14.9. The molecule has 0 aromatic heterocycles. The van der Waals surface area contributed by atoms with E-state index in [0.29, 0.717) is 13.1 Å². The summed E-state index contributed by atoms with van der Waals surface area (Å²) in [6.07, 6.45) is -0.852. The molecule has 3 rings (SSSR count). The molecule has 1 spiro atoms. The number of amides is 2. The number of thioether (sulfide) groups is 2. The van der Waals surface area contributed by atoms with Crippen molar-refractivity contribution in [2.75, 3.05) is 43.4 Å². The van der Waals surface area contributed by atoms with E-state index in [4.69, 9.17) is 5.73 Å². The molecule has 23 heavy (non-hydrogen) atoms. The lowest BCUT2D eigenvalue weighted by Crippen LogP contribution is -2.70. The molecule has 0 aromatic carbocycles. The highest BCUT2D eigenvalue weighted by atomic mass is 32.2. The van der Waals surface area contributed by atoms with Crippen LogP contribution in [0, 0.1) is 0 Å². The number of rotatable bonds is 3. The average molecular weight is 361 g/mol. The number of hydrogen-bond donors (Lipinski definition) is 3. The van der Waals surface area contributed by atoms with Gasteiger partial charge in [-0.3, -0.25) is 14.9 Å². The number of carbonyl (C=O) groups excluding carboxylic acids is 2. The summed E-state index contributed by atoms with van der Waals surface area (Å²) in [7, 11) is 0. The van der Waals surface area contributed by atoms with Gasteiger partial charge in [0.15, 0.2) is 0 Å². The SMILES string of the molecule is C[C@@H](O)[C@H](N)C(=O)N1CC2(C1)N[C@H](C(=O)N1CCSCC1)CS2. The Hall–Kier alpha value is -0.480. The third kappa shape index (κ3) is 3.48. The second-order valence-electron chi connectivity index (χ2n) is 6.40. The van der Waals surface area contributed by atoms with E-state index >= 15 is 0 Å². The quantitative estimate of drug-likeness (QED) is 0.564. The average Bonchev–Trinajstić information content (AvgIpc) is 2.97. The Kier molecular flexibility index (Phi) is 5.12. The van der Waals surface area contributed by atoms with Gasteiger partial charge in [0.25, 0.3) is 0 Å². The van der Waals surface area contributed by atoms with Gasteiger partial charge in [0.05, 0.1) is 25.2 Å². The maximum absolute atomic E-state index is 12.5. The van der Waals surface area contributed by atoms with Gasteiger partial charge >= 0.3 is 0 Å². The second-order valence-corrected chi connectivity index (χ2v) is 9.03. The van der Waals surface area contributed by atoms with Crippen LogP contribution in [-0.2, 0) is 9.59 Å². The molecular weight excluding hydrogens is 336 g/mol. The van der Waals surface area contributed by atoms with E-state index in [1.54, 1.807) is 16.7 Å². The molecular formula is C14H24N4O3S2.